The van der Waals surface area contributed by atoms with Crippen molar-refractivity contribution in [2.45, 2.75) is 19.8 Å². The second-order valence-electron chi connectivity index (χ2n) is 7.70. The van der Waals surface area contributed by atoms with E-state index in [4.69, 9.17) is 4.74 Å². The Morgan fingerprint density at radius 1 is 0.933 bits per heavy atom. The Kier molecular flexibility index (Phi) is 6.77. The van der Waals surface area contributed by atoms with Gasteiger partial charge in [-0.05, 0) is 60.7 Å². The summed E-state index contributed by atoms with van der Waals surface area (Å²) in [4.78, 5) is 24.9. The molecule has 2 atom stereocenters. The maximum atomic E-state index is 12.5. The van der Waals surface area contributed by atoms with Crippen molar-refractivity contribution in [3.63, 3.8) is 0 Å². The number of rotatable bonds is 7. The number of carbonyl (C=O) groups is 2. The standard InChI is InChI=1S/C22H26N2O5S/c1-15-4-3-5-19(10-15)24-22(26)12-17-14-30(27,28)13-16(17)11-21(25)23-18-6-8-20(29-2)9-7-18/h3-10,16-17H,11-14H2,1-2H3,(H,23,25)(H,24,26)/t16-,17-/m1/s1. The molecule has 0 aliphatic carbocycles. The number of hydrogen-bond donors (Lipinski definition) is 2. The smallest absolute Gasteiger partial charge is 0.224 e. The van der Waals surface area contributed by atoms with E-state index in [2.05, 4.69) is 10.6 Å². The Balaban J connectivity index is 1.60. The number of amides is 2. The highest BCUT2D eigenvalue weighted by atomic mass is 32.2. The van der Waals surface area contributed by atoms with Crippen LogP contribution < -0.4 is 15.4 Å². The normalized spacial score (nSPS) is 19.8. The van der Waals surface area contributed by atoms with E-state index in [0.29, 0.717) is 17.1 Å². The summed E-state index contributed by atoms with van der Waals surface area (Å²) in [6, 6.07) is 14.3. The summed E-state index contributed by atoms with van der Waals surface area (Å²) in [6.45, 7) is 1.93. The van der Waals surface area contributed by atoms with E-state index in [9.17, 15) is 18.0 Å². The van der Waals surface area contributed by atoms with Crippen LogP contribution in [0.3, 0.4) is 0 Å². The Hall–Kier alpha value is -2.87. The molecule has 0 aromatic heterocycles. The first-order chi connectivity index (χ1) is 14.2. The number of anilines is 2. The van der Waals surface area contributed by atoms with Crippen molar-refractivity contribution in [2.24, 2.45) is 11.8 Å². The maximum absolute atomic E-state index is 12.5. The molecule has 2 N–H and O–H groups in total. The fourth-order valence-electron chi connectivity index (χ4n) is 3.74. The summed E-state index contributed by atoms with van der Waals surface area (Å²) < 4.78 is 29.4. The highest BCUT2D eigenvalue weighted by molar-refractivity contribution is 7.91. The van der Waals surface area contributed by atoms with Gasteiger partial charge >= 0.3 is 0 Å². The molecule has 0 bridgehead atoms. The van der Waals surface area contributed by atoms with E-state index >= 15 is 0 Å². The van der Waals surface area contributed by atoms with E-state index in [1.165, 1.54) is 0 Å². The lowest BCUT2D eigenvalue weighted by Crippen LogP contribution is -2.25. The summed E-state index contributed by atoms with van der Waals surface area (Å²) >= 11 is 0. The number of carbonyl (C=O) groups excluding carboxylic acids is 2. The molecule has 1 heterocycles. The highest BCUT2D eigenvalue weighted by Gasteiger charge is 2.39. The van der Waals surface area contributed by atoms with Gasteiger partial charge in [-0.1, -0.05) is 12.1 Å². The Morgan fingerprint density at radius 3 is 2.03 bits per heavy atom. The van der Waals surface area contributed by atoms with Crippen LogP contribution in [0.15, 0.2) is 48.5 Å². The van der Waals surface area contributed by atoms with E-state index in [1.54, 1.807) is 37.4 Å². The van der Waals surface area contributed by atoms with Crippen LogP contribution in [0, 0.1) is 18.8 Å². The molecule has 0 radical (unpaired) electrons. The molecular formula is C22H26N2O5S. The van der Waals surface area contributed by atoms with Crippen molar-refractivity contribution in [1.82, 2.24) is 0 Å². The molecule has 1 fully saturated rings. The number of sulfone groups is 1. The predicted octanol–water partition coefficient (Wildman–Crippen LogP) is 3.02. The van der Waals surface area contributed by atoms with Gasteiger partial charge in [-0.15, -0.1) is 0 Å². The Labute approximate surface area is 176 Å². The SMILES string of the molecule is COc1ccc(NC(=O)C[C@@H]2CS(=O)(=O)C[C@H]2CC(=O)Nc2cccc(C)c2)cc1. The quantitative estimate of drug-likeness (QED) is 0.703. The minimum absolute atomic E-state index is 0.0493. The summed E-state index contributed by atoms with van der Waals surface area (Å²) in [6.07, 6.45) is 0.112. The monoisotopic (exact) mass is 430 g/mol. The molecule has 8 heteroatoms. The van der Waals surface area contributed by atoms with Crippen LogP contribution in [-0.2, 0) is 19.4 Å². The number of hydrogen-bond acceptors (Lipinski definition) is 5. The van der Waals surface area contributed by atoms with E-state index < -0.39 is 15.8 Å². The Morgan fingerprint density at radius 2 is 1.50 bits per heavy atom. The van der Waals surface area contributed by atoms with Gasteiger partial charge in [0.05, 0.1) is 18.6 Å². The highest BCUT2D eigenvalue weighted by Crippen LogP contribution is 2.31. The van der Waals surface area contributed by atoms with E-state index in [1.807, 2.05) is 25.1 Å². The molecule has 2 aromatic rings. The summed E-state index contributed by atoms with van der Waals surface area (Å²) in [5.41, 5.74) is 2.30. The second-order valence-corrected chi connectivity index (χ2v) is 9.85. The van der Waals surface area contributed by atoms with Crippen LogP contribution in [0.5, 0.6) is 5.75 Å². The third-order valence-corrected chi connectivity index (χ3v) is 7.05. The first-order valence-corrected chi connectivity index (χ1v) is 11.6. The molecule has 0 spiro atoms. The van der Waals surface area contributed by atoms with Gasteiger partial charge in [-0.3, -0.25) is 9.59 Å². The lowest BCUT2D eigenvalue weighted by molar-refractivity contribution is -0.119. The molecule has 30 heavy (non-hydrogen) atoms. The molecule has 7 nitrogen and oxygen atoms in total. The summed E-state index contributed by atoms with van der Waals surface area (Å²) in [5.74, 6) is -0.776. The fraction of sp³-hybridized carbons (Fsp3) is 0.364. The molecule has 1 saturated heterocycles. The molecule has 160 valence electrons. The van der Waals surface area contributed by atoms with Gasteiger partial charge in [0.15, 0.2) is 9.84 Å². The third kappa shape index (κ3) is 6.06. The number of aryl methyl sites for hydroxylation is 1. The van der Waals surface area contributed by atoms with Gasteiger partial charge in [0.25, 0.3) is 0 Å². The number of nitrogens with one attached hydrogen (secondary N) is 2. The largest absolute Gasteiger partial charge is 0.497 e. The molecule has 1 aliphatic rings. The molecule has 3 rings (SSSR count). The molecule has 0 unspecified atom stereocenters. The van der Waals surface area contributed by atoms with E-state index in [0.717, 1.165) is 5.56 Å². The average molecular weight is 431 g/mol. The van der Waals surface area contributed by atoms with Crippen molar-refractivity contribution in [1.29, 1.82) is 0 Å². The van der Waals surface area contributed by atoms with Crippen molar-refractivity contribution >= 4 is 33.0 Å². The van der Waals surface area contributed by atoms with Gasteiger partial charge in [0.1, 0.15) is 5.75 Å². The zero-order valence-electron chi connectivity index (χ0n) is 17.1. The molecule has 1 aliphatic heterocycles. The van der Waals surface area contributed by atoms with Crippen LogP contribution >= 0.6 is 0 Å². The van der Waals surface area contributed by atoms with Crippen molar-refractivity contribution in [2.75, 3.05) is 29.2 Å². The lowest BCUT2D eigenvalue weighted by atomic mass is 9.89. The van der Waals surface area contributed by atoms with Crippen LogP contribution in [0.2, 0.25) is 0 Å². The average Bonchev–Trinajstić information content (AvgIpc) is 2.95. The zero-order valence-corrected chi connectivity index (χ0v) is 17.9. The molecular weight excluding hydrogens is 404 g/mol. The van der Waals surface area contributed by atoms with Gasteiger partial charge in [-0.25, -0.2) is 8.42 Å². The lowest BCUT2D eigenvalue weighted by Gasteiger charge is -2.17. The predicted molar refractivity (Wildman–Crippen MR) is 116 cm³/mol. The summed E-state index contributed by atoms with van der Waals surface area (Å²) in [5, 5.41) is 5.59. The Bertz CT molecular complexity index is 1020. The van der Waals surface area contributed by atoms with Crippen molar-refractivity contribution in [3.8, 4) is 5.75 Å². The topological polar surface area (TPSA) is 102 Å². The van der Waals surface area contributed by atoms with Gasteiger partial charge in [-0.2, -0.15) is 0 Å². The van der Waals surface area contributed by atoms with Crippen molar-refractivity contribution in [3.05, 3.63) is 54.1 Å². The van der Waals surface area contributed by atoms with Crippen molar-refractivity contribution < 1.29 is 22.7 Å². The van der Waals surface area contributed by atoms with Crippen LogP contribution in [0.1, 0.15) is 18.4 Å². The van der Waals surface area contributed by atoms with Crippen LogP contribution in [0.4, 0.5) is 11.4 Å². The van der Waals surface area contributed by atoms with Crippen LogP contribution in [-0.4, -0.2) is 38.8 Å². The molecule has 0 saturated carbocycles. The third-order valence-electron chi connectivity index (χ3n) is 5.17. The van der Waals surface area contributed by atoms with Crippen LogP contribution in [0.25, 0.3) is 0 Å². The molecule has 2 amide bonds. The summed E-state index contributed by atoms with van der Waals surface area (Å²) in [7, 11) is -1.71. The fourth-order valence-corrected chi connectivity index (χ4v) is 5.96. The first kappa shape index (κ1) is 21.8. The number of benzene rings is 2. The van der Waals surface area contributed by atoms with E-state index in [-0.39, 0.29) is 42.1 Å². The number of ether oxygens (including phenoxy) is 1. The minimum atomic E-state index is -3.27. The maximum Gasteiger partial charge on any atom is 0.224 e. The zero-order chi connectivity index (χ0) is 21.7. The second kappa shape index (κ2) is 9.30. The minimum Gasteiger partial charge on any atom is -0.497 e. The number of methoxy groups -OCH3 is 1. The van der Waals surface area contributed by atoms with Gasteiger partial charge in [0, 0.05) is 24.2 Å². The molecule has 2 aromatic carbocycles. The van der Waals surface area contributed by atoms with Gasteiger partial charge < -0.3 is 15.4 Å². The first-order valence-electron chi connectivity index (χ1n) is 9.75. The van der Waals surface area contributed by atoms with Gasteiger partial charge in [0.2, 0.25) is 11.8 Å².